The Hall–Kier alpha value is -1.23. The van der Waals surface area contributed by atoms with Gasteiger partial charge in [-0.05, 0) is 0 Å². The van der Waals surface area contributed by atoms with E-state index in [4.69, 9.17) is 5.11 Å². The first-order valence-electron chi connectivity index (χ1n) is 3.17. The van der Waals surface area contributed by atoms with E-state index in [1.165, 1.54) is 11.6 Å². The van der Waals surface area contributed by atoms with Crippen LogP contribution in [0.25, 0.3) is 0 Å². The lowest BCUT2D eigenvalue weighted by atomic mass is 10.2. The lowest BCUT2D eigenvalue weighted by molar-refractivity contribution is 0.100. The Morgan fingerprint density at radius 2 is 2.36 bits per heavy atom. The van der Waals surface area contributed by atoms with Gasteiger partial charge in [-0.3, -0.25) is 4.79 Å². The van der Waals surface area contributed by atoms with Crippen molar-refractivity contribution in [2.24, 2.45) is 7.05 Å². The predicted octanol–water partition coefficient (Wildman–Crippen LogP) is -0.490. The maximum atomic E-state index is 10.8. The largest absolute Gasteiger partial charge is 0.390 e. The molecule has 0 unspecified atom stereocenters. The van der Waals surface area contributed by atoms with Gasteiger partial charge in [0, 0.05) is 14.0 Å². The summed E-state index contributed by atoms with van der Waals surface area (Å²) in [7, 11) is 1.63. The average molecular weight is 155 g/mol. The number of aryl methyl sites for hydroxylation is 1. The zero-order valence-electron chi connectivity index (χ0n) is 6.40. The third-order valence-electron chi connectivity index (χ3n) is 1.43. The van der Waals surface area contributed by atoms with Gasteiger partial charge >= 0.3 is 0 Å². The minimum atomic E-state index is -0.210. The standard InChI is InChI=1S/C6H9N3O2/c1-4(11)6-5(3-10)9(2)8-7-6/h10H,3H2,1-2H3. The first-order chi connectivity index (χ1) is 5.16. The molecule has 0 radical (unpaired) electrons. The van der Waals surface area contributed by atoms with Gasteiger partial charge in [0.2, 0.25) is 0 Å². The molecule has 5 heteroatoms. The molecule has 0 amide bonds. The second-order valence-corrected chi connectivity index (χ2v) is 2.22. The Balaban J connectivity index is 3.15. The van der Waals surface area contributed by atoms with Gasteiger partial charge in [-0.1, -0.05) is 5.21 Å². The summed E-state index contributed by atoms with van der Waals surface area (Å²) in [5, 5.41) is 16.0. The smallest absolute Gasteiger partial charge is 0.182 e. The van der Waals surface area contributed by atoms with Crippen LogP contribution in [0.4, 0.5) is 0 Å². The quantitative estimate of drug-likeness (QED) is 0.585. The molecule has 60 valence electrons. The average Bonchev–Trinajstić information content (AvgIpc) is 2.30. The van der Waals surface area contributed by atoms with Crippen molar-refractivity contribution in [1.29, 1.82) is 0 Å². The van der Waals surface area contributed by atoms with Crippen LogP contribution >= 0.6 is 0 Å². The number of carbonyl (C=O) groups is 1. The number of Topliss-reactive ketones (excluding diaryl/α,β-unsaturated/α-hetero) is 1. The third kappa shape index (κ3) is 1.27. The van der Waals surface area contributed by atoms with E-state index in [-0.39, 0.29) is 18.1 Å². The molecule has 0 aliphatic heterocycles. The van der Waals surface area contributed by atoms with Crippen LogP contribution in [0, 0.1) is 0 Å². The van der Waals surface area contributed by atoms with E-state index in [9.17, 15) is 4.79 Å². The van der Waals surface area contributed by atoms with E-state index in [2.05, 4.69) is 10.3 Å². The molecule has 11 heavy (non-hydrogen) atoms. The minimum Gasteiger partial charge on any atom is -0.390 e. The lowest BCUT2D eigenvalue weighted by Crippen LogP contribution is -2.02. The molecule has 1 N–H and O–H groups in total. The van der Waals surface area contributed by atoms with Gasteiger partial charge in [0.05, 0.1) is 12.3 Å². The van der Waals surface area contributed by atoms with Gasteiger partial charge in [-0.2, -0.15) is 0 Å². The first kappa shape index (κ1) is 7.87. The van der Waals surface area contributed by atoms with E-state index in [0.717, 1.165) is 0 Å². The number of aliphatic hydroxyl groups is 1. The molecule has 0 atom stereocenters. The molecule has 5 nitrogen and oxygen atoms in total. The Bertz CT molecular complexity index is 279. The van der Waals surface area contributed by atoms with Gasteiger partial charge < -0.3 is 5.11 Å². The van der Waals surface area contributed by atoms with Crippen molar-refractivity contribution in [3.8, 4) is 0 Å². The molecule has 1 rings (SSSR count). The molecule has 0 aromatic carbocycles. The van der Waals surface area contributed by atoms with Crippen LogP contribution in [0.5, 0.6) is 0 Å². The number of hydrogen-bond donors (Lipinski definition) is 1. The molecule has 1 aromatic rings. The summed E-state index contributed by atoms with van der Waals surface area (Å²) >= 11 is 0. The molecule has 0 aliphatic rings. The maximum Gasteiger partial charge on any atom is 0.182 e. The summed E-state index contributed by atoms with van der Waals surface area (Å²) in [6, 6.07) is 0. The highest BCUT2D eigenvalue weighted by Crippen LogP contribution is 2.03. The topological polar surface area (TPSA) is 68.0 Å². The number of ketones is 1. The van der Waals surface area contributed by atoms with Gasteiger partial charge in [0.15, 0.2) is 11.5 Å². The van der Waals surface area contributed by atoms with Gasteiger partial charge in [-0.15, -0.1) is 5.10 Å². The number of carbonyl (C=O) groups excluding carboxylic acids is 1. The molecule has 0 saturated carbocycles. The van der Waals surface area contributed by atoms with E-state index >= 15 is 0 Å². The predicted molar refractivity (Wildman–Crippen MR) is 36.9 cm³/mol. The zero-order chi connectivity index (χ0) is 8.43. The second kappa shape index (κ2) is 2.79. The first-order valence-corrected chi connectivity index (χ1v) is 3.17. The van der Waals surface area contributed by atoms with Crippen molar-refractivity contribution in [2.75, 3.05) is 0 Å². The Morgan fingerprint density at radius 3 is 2.73 bits per heavy atom. The lowest BCUT2D eigenvalue weighted by Gasteiger charge is -1.95. The van der Waals surface area contributed by atoms with Crippen molar-refractivity contribution in [3.63, 3.8) is 0 Å². The van der Waals surface area contributed by atoms with E-state index in [0.29, 0.717) is 5.69 Å². The molecular formula is C6H9N3O2. The zero-order valence-corrected chi connectivity index (χ0v) is 6.40. The van der Waals surface area contributed by atoms with Crippen LogP contribution in [0.2, 0.25) is 0 Å². The highest BCUT2D eigenvalue weighted by molar-refractivity contribution is 5.92. The third-order valence-corrected chi connectivity index (χ3v) is 1.43. The van der Waals surface area contributed by atoms with Crippen LogP contribution in [0.3, 0.4) is 0 Å². The molecule has 0 aliphatic carbocycles. The monoisotopic (exact) mass is 155 g/mol. The van der Waals surface area contributed by atoms with Crippen molar-refractivity contribution >= 4 is 5.78 Å². The summed E-state index contributed by atoms with van der Waals surface area (Å²) < 4.78 is 1.39. The van der Waals surface area contributed by atoms with Crippen molar-refractivity contribution in [3.05, 3.63) is 11.4 Å². The molecule has 1 heterocycles. The van der Waals surface area contributed by atoms with Crippen LogP contribution in [0.1, 0.15) is 23.1 Å². The number of hydrogen-bond acceptors (Lipinski definition) is 4. The Morgan fingerprint density at radius 1 is 1.73 bits per heavy atom. The fourth-order valence-corrected chi connectivity index (χ4v) is 0.828. The van der Waals surface area contributed by atoms with Crippen molar-refractivity contribution in [2.45, 2.75) is 13.5 Å². The Kier molecular flexibility index (Phi) is 2.00. The molecule has 1 aromatic heterocycles. The number of nitrogens with zero attached hydrogens (tertiary/aromatic N) is 3. The summed E-state index contributed by atoms with van der Waals surface area (Å²) in [6.07, 6.45) is 0. The maximum absolute atomic E-state index is 10.8. The van der Waals surface area contributed by atoms with Gasteiger partial charge in [0.25, 0.3) is 0 Å². The summed E-state index contributed by atoms with van der Waals surface area (Å²) in [5.74, 6) is -0.179. The van der Waals surface area contributed by atoms with Gasteiger partial charge in [-0.25, -0.2) is 4.68 Å². The van der Waals surface area contributed by atoms with Crippen molar-refractivity contribution in [1.82, 2.24) is 15.0 Å². The van der Waals surface area contributed by atoms with Crippen molar-refractivity contribution < 1.29 is 9.90 Å². The summed E-state index contributed by atoms with van der Waals surface area (Å²) in [5.41, 5.74) is 0.701. The van der Waals surface area contributed by atoms with Crippen LogP contribution in [-0.4, -0.2) is 25.9 Å². The number of aromatic nitrogens is 3. The molecule has 0 bridgehead atoms. The summed E-state index contributed by atoms with van der Waals surface area (Å²) in [4.78, 5) is 10.8. The molecular weight excluding hydrogens is 146 g/mol. The SMILES string of the molecule is CC(=O)c1nnn(C)c1CO. The fourth-order valence-electron chi connectivity index (χ4n) is 0.828. The van der Waals surface area contributed by atoms with Crippen LogP contribution in [0.15, 0.2) is 0 Å². The minimum absolute atomic E-state index is 0.179. The van der Waals surface area contributed by atoms with E-state index in [1.807, 2.05) is 0 Å². The molecule has 0 spiro atoms. The van der Waals surface area contributed by atoms with Crippen LogP contribution in [-0.2, 0) is 13.7 Å². The number of aliphatic hydroxyl groups excluding tert-OH is 1. The normalized spacial score (nSPS) is 10.1. The molecule has 0 saturated heterocycles. The van der Waals surface area contributed by atoms with E-state index in [1.54, 1.807) is 7.05 Å². The Labute approximate surface area is 63.6 Å². The number of rotatable bonds is 2. The highest BCUT2D eigenvalue weighted by Gasteiger charge is 2.12. The van der Waals surface area contributed by atoms with Crippen LogP contribution < -0.4 is 0 Å². The second-order valence-electron chi connectivity index (χ2n) is 2.22. The highest BCUT2D eigenvalue weighted by atomic mass is 16.3. The summed E-state index contributed by atoms with van der Waals surface area (Å²) in [6.45, 7) is 1.18. The van der Waals surface area contributed by atoms with Gasteiger partial charge in [0.1, 0.15) is 0 Å². The molecule has 0 fully saturated rings. The van der Waals surface area contributed by atoms with E-state index < -0.39 is 0 Å². The fraction of sp³-hybridized carbons (Fsp3) is 0.500.